The van der Waals surface area contributed by atoms with Crippen LogP contribution in [-0.2, 0) is 0 Å². The maximum atomic E-state index is 12.8. The summed E-state index contributed by atoms with van der Waals surface area (Å²) in [4.78, 5) is 17.3. The topological polar surface area (TPSA) is 23.6 Å². The third-order valence-corrected chi connectivity index (χ3v) is 6.03. The molecule has 4 rings (SSSR count). The summed E-state index contributed by atoms with van der Waals surface area (Å²) in [5.74, 6) is 0.557. The Hall–Kier alpha value is -2.91. The van der Waals surface area contributed by atoms with E-state index in [2.05, 4.69) is 65.6 Å². The molecule has 0 spiro atoms. The van der Waals surface area contributed by atoms with Crippen LogP contribution in [0.4, 0.5) is 0 Å². The molecule has 3 aromatic rings. The highest BCUT2D eigenvalue weighted by atomic mass is 16.2. The second-order valence-corrected chi connectivity index (χ2v) is 8.02. The molecule has 0 aliphatic carbocycles. The third kappa shape index (κ3) is 5.17. The van der Waals surface area contributed by atoms with Crippen LogP contribution in [0.5, 0.6) is 0 Å². The van der Waals surface area contributed by atoms with Gasteiger partial charge in [0.15, 0.2) is 0 Å². The number of carbonyl (C=O) groups excluding carboxylic acids is 1. The van der Waals surface area contributed by atoms with E-state index in [9.17, 15) is 4.79 Å². The summed E-state index contributed by atoms with van der Waals surface area (Å²) >= 11 is 0. The Bertz CT molecular complexity index is 872. The molecular formula is C27H30N2O. The Balaban J connectivity index is 1.38. The molecule has 154 valence electrons. The second-order valence-electron chi connectivity index (χ2n) is 8.02. The normalized spacial score (nSPS) is 15.2. The zero-order valence-corrected chi connectivity index (χ0v) is 17.5. The molecule has 0 bridgehead atoms. The highest BCUT2D eigenvalue weighted by Gasteiger charge is 2.21. The Labute approximate surface area is 180 Å². The molecule has 1 aliphatic rings. The summed E-state index contributed by atoms with van der Waals surface area (Å²) in [6.07, 6.45) is 2.11. The molecule has 0 radical (unpaired) electrons. The minimum atomic E-state index is 0.156. The number of amides is 1. The lowest BCUT2D eigenvalue weighted by Crippen LogP contribution is -2.35. The van der Waals surface area contributed by atoms with E-state index < -0.39 is 0 Å². The van der Waals surface area contributed by atoms with Crippen molar-refractivity contribution < 1.29 is 4.79 Å². The highest BCUT2D eigenvalue weighted by Crippen LogP contribution is 2.28. The summed E-state index contributed by atoms with van der Waals surface area (Å²) in [5.41, 5.74) is 3.54. The smallest absolute Gasteiger partial charge is 0.253 e. The van der Waals surface area contributed by atoms with Gasteiger partial charge in [-0.3, -0.25) is 4.79 Å². The summed E-state index contributed by atoms with van der Waals surface area (Å²) in [6, 6.07) is 31.3. The maximum absolute atomic E-state index is 12.8. The van der Waals surface area contributed by atoms with E-state index in [0.29, 0.717) is 5.92 Å². The van der Waals surface area contributed by atoms with E-state index >= 15 is 0 Å². The van der Waals surface area contributed by atoms with Gasteiger partial charge >= 0.3 is 0 Å². The van der Waals surface area contributed by atoms with Crippen molar-refractivity contribution in [2.45, 2.75) is 18.8 Å². The average Bonchev–Trinajstić information content (AvgIpc) is 3.06. The van der Waals surface area contributed by atoms with Gasteiger partial charge < -0.3 is 9.80 Å². The molecule has 1 fully saturated rings. The molecule has 1 heterocycles. The van der Waals surface area contributed by atoms with Gasteiger partial charge in [-0.2, -0.15) is 0 Å². The Morgan fingerprint density at radius 3 is 1.87 bits per heavy atom. The van der Waals surface area contributed by atoms with Crippen molar-refractivity contribution >= 4 is 5.91 Å². The molecule has 0 aromatic heterocycles. The summed E-state index contributed by atoms with van der Waals surface area (Å²) in [6.45, 7) is 4.67. The van der Waals surface area contributed by atoms with E-state index in [0.717, 1.165) is 51.1 Å². The van der Waals surface area contributed by atoms with Crippen molar-refractivity contribution in [2.75, 3.05) is 32.7 Å². The first-order chi connectivity index (χ1) is 14.8. The first-order valence-electron chi connectivity index (χ1n) is 11.0. The van der Waals surface area contributed by atoms with Crippen molar-refractivity contribution in [3.63, 3.8) is 0 Å². The number of benzene rings is 3. The van der Waals surface area contributed by atoms with Crippen molar-refractivity contribution in [3.8, 4) is 0 Å². The first kappa shape index (κ1) is 20.4. The van der Waals surface area contributed by atoms with Crippen LogP contribution in [0.2, 0.25) is 0 Å². The minimum absolute atomic E-state index is 0.156. The van der Waals surface area contributed by atoms with Gasteiger partial charge in [-0.25, -0.2) is 0 Å². The lowest BCUT2D eigenvalue weighted by Gasteiger charge is -2.25. The average molecular weight is 399 g/mol. The molecule has 30 heavy (non-hydrogen) atoms. The molecule has 0 saturated carbocycles. The van der Waals surface area contributed by atoms with E-state index in [4.69, 9.17) is 0 Å². The number of rotatable bonds is 6. The second kappa shape index (κ2) is 10.2. The molecule has 3 nitrogen and oxygen atoms in total. The molecule has 3 aromatic carbocycles. The molecular weight excluding hydrogens is 368 g/mol. The van der Waals surface area contributed by atoms with Gasteiger partial charge in [0.05, 0.1) is 0 Å². The summed E-state index contributed by atoms with van der Waals surface area (Å²) in [5, 5.41) is 0. The van der Waals surface area contributed by atoms with Crippen LogP contribution in [0.15, 0.2) is 91.0 Å². The molecule has 0 unspecified atom stereocenters. The molecule has 0 atom stereocenters. The van der Waals surface area contributed by atoms with Gasteiger partial charge in [-0.1, -0.05) is 78.9 Å². The SMILES string of the molecule is O=C(c1ccccc1)N1CCCN(CCC(c2ccccc2)c2ccccc2)CC1. The van der Waals surface area contributed by atoms with Crippen LogP contribution in [0.3, 0.4) is 0 Å². The molecule has 1 aliphatic heterocycles. The summed E-state index contributed by atoms with van der Waals surface area (Å²) in [7, 11) is 0. The third-order valence-electron chi connectivity index (χ3n) is 6.03. The fraction of sp³-hybridized carbons (Fsp3) is 0.296. The quantitative estimate of drug-likeness (QED) is 0.580. The molecule has 1 amide bonds. The number of nitrogens with zero attached hydrogens (tertiary/aromatic N) is 2. The van der Waals surface area contributed by atoms with Crippen LogP contribution in [0.25, 0.3) is 0 Å². The number of carbonyl (C=O) groups is 1. The van der Waals surface area contributed by atoms with E-state index in [1.807, 2.05) is 35.2 Å². The van der Waals surface area contributed by atoms with E-state index in [1.165, 1.54) is 11.1 Å². The Kier molecular flexibility index (Phi) is 6.94. The summed E-state index contributed by atoms with van der Waals surface area (Å²) < 4.78 is 0. The predicted molar refractivity (Wildman–Crippen MR) is 123 cm³/mol. The lowest BCUT2D eigenvalue weighted by atomic mass is 9.88. The predicted octanol–water partition coefficient (Wildman–Crippen LogP) is 5.06. The Morgan fingerprint density at radius 2 is 1.27 bits per heavy atom. The number of hydrogen-bond acceptors (Lipinski definition) is 2. The van der Waals surface area contributed by atoms with Crippen LogP contribution < -0.4 is 0 Å². The molecule has 1 saturated heterocycles. The maximum Gasteiger partial charge on any atom is 0.253 e. The van der Waals surface area contributed by atoms with Crippen LogP contribution in [-0.4, -0.2) is 48.4 Å². The van der Waals surface area contributed by atoms with Gasteiger partial charge in [0.1, 0.15) is 0 Å². The zero-order chi connectivity index (χ0) is 20.6. The Morgan fingerprint density at radius 1 is 0.700 bits per heavy atom. The zero-order valence-electron chi connectivity index (χ0n) is 17.5. The van der Waals surface area contributed by atoms with Crippen LogP contribution in [0.1, 0.15) is 40.2 Å². The van der Waals surface area contributed by atoms with E-state index in [-0.39, 0.29) is 5.91 Å². The van der Waals surface area contributed by atoms with Crippen LogP contribution >= 0.6 is 0 Å². The first-order valence-corrected chi connectivity index (χ1v) is 11.0. The van der Waals surface area contributed by atoms with Crippen molar-refractivity contribution in [3.05, 3.63) is 108 Å². The standard InChI is InChI=1S/C27H30N2O/c30-27(25-15-8-3-9-16-25)29-19-10-18-28(21-22-29)20-17-26(23-11-4-1-5-12-23)24-13-6-2-7-14-24/h1-9,11-16,26H,10,17-22H2. The fourth-order valence-corrected chi connectivity index (χ4v) is 4.37. The van der Waals surface area contributed by atoms with Crippen molar-refractivity contribution in [1.29, 1.82) is 0 Å². The van der Waals surface area contributed by atoms with Crippen molar-refractivity contribution in [1.82, 2.24) is 9.80 Å². The van der Waals surface area contributed by atoms with E-state index in [1.54, 1.807) is 0 Å². The largest absolute Gasteiger partial charge is 0.337 e. The highest BCUT2D eigenvalue weighted by molar-refractivity contribution is 5.94. The molecule has 0 N–H and O–H groups in total. The van der Waals surface area contributed by atoms with Gasteiger partial charge in [0.25, 0.3) is 5.91 Å². The van der Waals surface area contributed by atoms with Crippen molar-refractivity contribution in [2.24, 2.45) is 0 Å². The van der Waals surface area contributed by atoms with Gasteiger partial charge in [0, 0.05) is 31.1 Å². The fourth-order valence-electron chi connectivity index (χ4n) is 4.37. The van der Waals surface area contributed by atoms with Gasteiger partial charge in [0.2, 0.25) is 0 Å². The van der Waals surface area contributed by atoms with Gasteiger partial charge in [-0.05, 0) is 49.2 Å². The molecule has 3 heteroatoms. The van der Waals surface area contributed by atoms with Gasteiger partial charge in [-0.15, -0.1) is 0 Å². The minimum Gasteiger partial charge on any atom is -0.337 e. The van der Waals surface area contributed by atoms with Crippen LogP contribution in [0, 0.1) is 0 Å². The monoisotopic (exact) mass is 398 g/mol. The lowest BCUT2D eigenvalue weighted by molar-refractivity contribution is 0.0761. The number of hydrogen-bond donors (Lipinski definition) is 0.